The molecule has 0 fully saturated rings. The van der Waals surface area contributed by atoms with Crippen molar-refractivity contribution in [3.05, 3.63) is 97.2 Å². The van der Waals surface area contributed by atoms with Gasteiger partial charge in [0.05, 0.1) is 6.61 Å². The predicted molar refractivity (Wildman–Crippen MR) is 206 cm³/mol. The number of hydrogen-bond donors (Lipinski definition) is 2. The van der Waals surface area contributed by atoms with E-state index >= 15 is 0 Å². The fraction of sp³-hybridized carbons (Fsp3) is 0.561. The normalized spacial score (nSPS) is 13.6. The average Bonchev–Trinajstić information content (AvgIpc) is 3.08. The second kappa shape index (κ2) is 35.8. The van der Waals surface area contributed by atoms with Crippen molar-refractivity contribution in [1.82, 2.24) is 0 Å². The van der Waals surface area contributed by atoms with E-state index in [1.807, 2.05) is 0 Å². The van der Waals surface area contributed by atoms with Gasteiger partial charge >= 0.3 is 19.8 Å². The standard InChI is InChI=1S/C41H65O8P/c1-3-5-7-9-11-13-15-17-19-20-22-24-26-28-30-32-34-36-41(43)49-39(38-48-50(44,45)46)37-47-40(42)35-33-31-29-27-25-23-21-18-16-14-12-10-8-6-4-2/h5-8,11-14,17-19,21-22,24-25,27,39H,3-4,9-10,15-16,20,23,26,28-38H2,1-2H3,(H2,44,45,46)/b7-5-,8-6-,13-11-,14-12-,19-17-,21-18-,24-22-,27-25-/t39-/m1/s1. The Bertz CT molecular complexity index is 1120. The molecule has 0 saturated carbocycles. The Morgan fingerprint density at radius 2 is 0.900 bits per heavy atom. The lowest BCUT2D eigenvalue weighted by Crippen LogP contribution is -2.29. The Kier molecular flexibility index (Phi) is 33.6. The summed E-state index contributed by atoms with van der Waals surface area (Å²) in [6, 6.07) is 0. The van der Waals surface area contributed by atoms with Gasteiger partial charge in [-0.25, -0.2) is 4.57 Å². The Labute approximate surface area is 303 Å². The van der Waals surface area contributed by atoms with E-state index in [1.54, 1.807) is 0 Å². The van der Waals surface area contributed by atoms with Crippen LogP contribution in [0.3, 0.4) is 0 Å². The van der Waals surface area contributed by atoms with Crippen LogP contribution in [0.15, 0.2) is 97.2 Å². The molecule has 0 radical (unpaired) electrons. The van der Waals surface area contributed by atoms with Crippen molar-refractivity contribution in [3.8, 4) is 0 Å². The van der Waals surface area contributed by atoms with Gasteiger partial charge in [-0.15, -0.1) is 0 Å². The average molecular weight is 717 g/mol. The third-order valence-electron chi connectivity index (χ3n) is 7.10. The number of carbonyl (C=O) groups is 2. The van der Waals surface area contributed by atoms with Crippen LogP contribution in [0.4, 0.5) is 0 Å². The Hall–Kier alpha value is -3.03. The predicted octanol–water partition coefficient (Wildman–Crippen LogP) is 11.1. The SMILES string of the molecule is CC/C=C\C/C=C\C/C=C\C/C=C\CCCCCCC(=O)O[C@H](COC(=O)CCCC/C=C\C/C=C\C/C=C\C/C=C\CC)COP(=O)(O)O. The molecule has 0 saturated heterocycles. The van der Waals surface area contributed by atoms with Crippen LogP contribution in [0.1, 0.15) is 129 Å². The molecule has 0 rings (SSSR count). The van der Waals surface area contributed by atoms with Gasteiger partial charge in [-0.1, -0.05) is 124 Å². The zero-order chi connectivity index (χ0) is 36.8. The lowest BCUT2D eigenvalue weighted by Gasteiger charge is -2.18. The fourth-order valence-electron chi connectivity index (χ4n) is 4.41. The maximum absolute atomic E-state index is 12.4. The van der Waals surface area contributed by atoms with E-state index in [1.165, 1.54) is 0 Å². The van der Waals surface area contributed by atoms with Gasteiger partial charge in [-0.2, -0.15) is 0 Å². The van der Waals surface area contributed by atoms with Crippen molar-refractivity contribution >= 4 is 19.8 Å². The van der Waals surface area contributed by atoms with E-state index in [9.17, 15) is 14.2 Å². The maximum atomic E-state index is 12.4. The van der Waals surface area contributed by atoms with Crippen molar-refractivity contribution < 1.29 is 37.9 Å². The molecule has 0 aliphatic rings. The van der Waals surface area contributed by atoms with E-state index < -0.39 is 32.5 Å². The minimum Gasteiger partial charge on any atom is -0.462 e. The molecule has 2 N–H and O–H groups in total. The summed E-state index contributed by atoms with van der Waals surface area (Å²) in [6.45, 7) is 3.37. The molecule has 0 aliphatic carbocycles. The van der Waals surface area contributed by atoms with Gasteiger partial charge < -0.3 is 19.3 Å². The molecule has 0 aromatic carbocycles. The number of phosphoric acid groups is 1. The highest BCUT2D eigenvalue weighted by molar-refractivity contribution is 7.46. The third-order valence-corrected chi connectivity index (χ3v) is 7.58. The van der Waals surface area contributed by atoms with Gasteiger partial charge in [-0.3, -0.25) is 14.1 Å². The second-order valence-electron chi connectivity index (χ2n) is 11.8. The molecule has 50 heavy (non-hydrogen) atoms. The van der Waals surface area contributed by atoms with Crippen molar-refractivity contribution in [2.45, 2.75) is 136 Å². The highest BCUT2D eigenvalue weighted by Crippen LogP contribution is 2.35. The third kappa shape index (κ3) is 37.8. The van der Waals surface area contributed by atoms with Gasteiger partial charge in [0.25, 0.3) is 0 Å². The highest BCUT2D eigenvalue weighted by Gasteiger charge is 2.22. The van der Waals surface area contributed by atoms with Crippen LogP contribution in [0, 0.1) is 0 Å². The zero-order valence-corrected chi connectivity index (χ0v) is 31.6. The molecule has 8 nitrogen and oxygen atoms in total. The molecule has 9 heteroatoms. The summed E-state index contributed by atoms with van der Waals surface area (Å²) < 4.78 is 26.2. The Morgan fingerprint density at radius 1 is 0.520 bits per heavy atom. The quantitative estimate of drug-likeness (QED) is 0.0305. The first-order chi connectivity index (χ1) is 24.3. The molecule has 0 spiro atoms. The lowest BCUT2D eigenvalue weighted by molar-refractivity contribution is -0.161. The van der Waals surface area contributed by atoms with Gasteiger partial charge in [0.1, 0.15) is 6.61 Å². The van der Waals surface area contributed by atoms with Crippen molar-refractivity contribution in [2.75, 3.05) is 13.2 Å². The summed E-state index contributed by atoms with van der Waals surface area (Å²) in [5, 5.41) is 0. The molecule has 0 amide bonds. The Morgan fingerprint density at radius 3 is 1.36 bits per heavy atom. The number of hydrogen-bond acceptors (Lipinski definition) is 6. The number of allylic oxidation sites excluding steroid dienone is 16. The first kappa shape index (κ1) is 47.0. The van der Waals surface area contributed by atoms with Crippen LogP contribution in [0.2, 0.25) is 0 Å². The van der Waals surface area contributed by atoms with Gasteiger partial charge in [0, 0.05) is 12.8 Å². The van der Waals surface area contributed by atoms with E-state index in [0.29, 0.717) is 12.8 Å². The molecule has 0 heterocycles. The molecule has 0 bridgehead atoms. The van der Waals surface area contributed by atoms with E-state index in [0.717, 1.165) is 89.9 Å². The van der Waals surface area contributed by atoms with Crippen LogP contribution in [0.5, 0.6) is 0 Å². The first-order valence-electron chi connectivity index (χ1n) is 18.5. The van der Waals surface area contributed by atoms with Crippen molar-refractivity contribution in [2.24, 2.45) is 0 Å². The summed E-state index contributed by atoms with van der Waals surface area (Å²) in [6.07, 6.45) is 48.4. The highest BCUT2D eigenvalue weighted by atomic mass is 31.2. The summed E-state index contributed by atoms with van der Waals surface area (Å²) >= 11 is 0. The van der Waals surface area contributed by atoms with Crippen molar-refractivity contribution in [1.29, 1.82) is 0 Å². The van der Waals surface area contributed by atoms with Crippen LogP contribution < -0.4 is 0 Å². The van der Waals surface area contributed by atoms with Crippen LogP contribution >= 0.6 is 7.82 Å². The van der Waals surface area contributed by atoms with E-state index in [4.69, 9.17) is 19.3 Å². The molecule has 1 atom stereocenters. The maximum Gasteiger partial charge on any atom is 0.469 e. The van der Waals surface area contributed by atoms with E-state index in [2.05, 4.69) is 116 Å². The molecule has 0 aliphatic heterocycles. The van der Waals surface area contributed by atoms with Gasteiger partial charge in [0.2, 0.25) is 0 Å². The van der Waals surface area contributed by atoms with E-state index in [-0.39, 0.29) is 19.4 Å². The summed E-state index contributed by atoms with van der Waals surface area (Å²) in [5.74, 6) is -0.974. The van der Waals surface area contributed by atoms with Crippen LogP contribution in [0.25, 0.3) is 0 Å². The largest absolute Gasteiger partial charge is 0.469 e. The topological polar surface area (TPSA) is 119 Å². The summed E-state index contributed by atoms with van der Waals surface area (Å²) in [4.78, 5) is 42.7. The summed E-state index contributed by atoms with van der Waals surface area (Å²) in [5.41, 5.74) is 0. The fourth-order valence-corrected chi connectivity index (χ4v) is 4.77. The minimum atomic E-state index is -4.77. The van der Waals surface area contributed by atoms with Gasteiger partial charge in [-0.05, 0) is 89.9 Å². The second-order valence-corrected chi connectivity index (χ2v) is 13.0. The van der Waals surface area contributed by atoms with Gasteiger partial charge in [0.15, 0.2) is 6.10 Å². The minimum absolute atomic E-state index is 0.168. The number of carbonyl (C=O) groups excluding carboxylic acids is 2. The number of esters is 2. The molecule has 0 aromatic rings. The molecular formula is C41H65O8P. The first-order valence-corrected chi connectivity index (χ1v) is 20.1. The lowest BCUT2D eigenvalue weighted by atomic mass is 10.1. The number of phosphoric ester groups is 1. The monoisotopic (exact) mass is 716 g/mol. The Balaban J connectivity index is 4.13. The molecule has 0 unspecified atom stereocenters. The molecule has 282 valence electrons. The number of unbranched alkanes of at least 4 members (excludes halogenated alkanes) is 6. The van der Waals surface area contributed by atoms with Crippen molar-refractivity contribution in [3.63, 3.8) is 0 Å². The number of rotatable bonds is 32. The zero-order valence-electron chi connectivity index (χ0n) is 30.7. The van der Waals surface area contributed by atoms with Crippen LogP contribution in [-0.4, -0.2) is 41.0 Å². The molecule has 0 aromatic heterocycles. The number of ether oxygens (including phenoxy) is 2. The summed E-state index contributed by atoms with van der Waals surface area (Å²) in [7, 11) is -4.77. The smallest absolute Gasteiger partial charge is 0.462 e. The van der Waals surface area contributed by atoms with Crippen LogP contribution in [-0.2, 0) is 28.2 Å². The molecular weight excluding hydrogens is 651 g/mol.